The monoisotopic (exact) mass is 295 g/mol. The number of nitrogens with zero attached hydrogens (tertiary/aromatic N) is 4. The highest BCUT2D eigenvalue weighted by molar-refractivity contribution is 5.89. The molecule has 2 amide bonds. The molecule has 0 aromatic carbocycles. The summed E-state index contributed by atoms with van der Waals surface area (Å²) in [7, 11) is 0. The summed E-state index contributed by atoms with van der Waals surface area (Å²) >= 11 is 0. The molecule has 1 unspecified atom stereocenters. The van der Waals surface area contributed by atoms with Crippen LogP contribution in [-0.2, 0) is 11.3 Å². The highest BCUT2D eigenvalue weighted by Gasteiger charge is 2.25. The molecule has 1 aromatic heterocycles. The van der Waals surface area contributed by atoms with Gasteiger partial charge in [0.15, 0.2) is 0 Å². The predicted octanol–water partition coefficient (Wildman–Crippen LogP) is 0.526. The van der Waals surface area contributed by atoms with Crippen molar-refractivity contribution in [2.75, 3.05) is 31.5 Å². The smallest absolute Gasteiger partial charge is 0.325 e. The van der Waals surface area contributed by atoms with Gasteiger partial charge in [-0.1, -0.05) is 6.92 Å². The maximum absolute atomic E-state index is 12.2. The fourth-order valence-electron chi connectivity index (χ4n) is 2.51. The van der Waals surface area contributed by atoms with E-state index in [0.717, 1.165) is 13.1 Å². The van der Waals surface area contributed by atoms with Crippen LogP contribution in [0.25, 0.3) is 0 Å². The number of carbonyl (C=O) groups excluding carboxylic acids is 1. The average Bonchev–Trinajstić information content (AvgIpc) is 2.84. The van der Waals surface area contributed by atoms with Crippen LogP contribution in [0.15, 0.2) is 12.4 Å². The van der Waals surface area contributed by atoms with Crippen molar-refractivity contribution in [3.8, 4) is 0 Å². The number of piperazine rings is 1. The van der Waals surface area contributed by atoms with Gasteiger partial charge in [0.05, 0.1) is 11.9 Å². The lowest BCUT2D eigenvalue weighted by molar-refractivity contribution is -0.137. The Balaban J connectivity index is 1.89. The third-order valence-electron chi connectivity index (χ3n) is 3.64. The maximum atomic E-state index is 12.2. The summed E-state index contributed by atoms with van der Waals surface area (Å²) in [4.78, 5) is 26.9. The second-order valence-corrected chi connectivity index (χ2v) is 5.17. The van der Waals surface area contributed by atoms with Gasteiger partial charge < -0.3 is 15.3 Å². The minimum Gasteiger partial charge on any atom is -0.480 e. The second-order valence-electron chi connectivity index (χ2n) is 5.17. The minimum absolute atomic E-state index is 0.174. The van der Waals surface area contributed by atoms with Crippen molar-refractivity contribution in [3.63, 3.8) is 0 Å². The number of rotatable bonds is 4. The maximum Gasteiger partial charge on any atom is 0.325 e. The lowest BCUT2D eigenvalue weighted by atomic mass is 10.2. The Kier molecular flexibility index (Phi) is 4.79. The number of hydrogen-bond donors (Lipinski definition) is 2. The molecule has 0 bridgehead atoms. The van der Waals surface area contributed by atoms with Gasteiger partial charge in [-0.2, -0.15) is 5.10 Å². The largest absolute Gasteiger partial charge is 0.480 e. The molecule has 0 aliphatic carbocycles. The van der Waals surface area contributed by atoms with Crippen LogP contribution >= 0.6 is 0 Å². The molecular formula is C13H21N5O3. The molecule has 21 heavy (non-hydrogen) atoms. The Morgan fingerprint density at radius 3 is 2.86 bits per heavy atom. The number of aromatic nitrogens is 2. The van der Waals surface area contributed by atoms with E-state index in [-0.39, 0.29) is 12.6 Å². The van der Waals surface area contributed by atoms with Crippen molar-refractivity contribution in [3.05, 3.63) is 12.4 Å². The molecule has 2 heterocycles. The second kappa shape index (κ2) is 6.57. The standard InChI is InChI=1S/C13H21N5O3/c1-3-16-4-5-17(7-10(16)2)13(21)15-11-6-14-18(8-11)9-12(19)20/h6,8,10H,3-5,7,9H2,1-2H3,(H,15,21)(H,19,20). The van der Waals surface area contributed by atoms with Crippen LogP contribution in [0, 0.1) is 0 Å². The topological polar surface area (TPSA) is 90.7 Å². The van der Waals surface area contributed by atoms with Crippen molar-refractivity contribution in [2.24, 2.45) is 0 Å². The zero-order chi connectivity index (χ0) is 15.4. The Morgan fingerprint density at radius 2 is 2.24 bits per heavy atom. The van der Waals surface area contributed by atoms with Crippen LogP contribution in [0.3, 0.4) is 0 Å². The van der Waals surface area contributed by atoms with Gasteiger partial charge in [-0.25, -0.2) is 4.79 Å². The number of aliphatic carboxylic acids is 1. The number of carboxylic acid groups (broad SMARTS) is 1. The molecule has 1 fully saturated rings. The molecule has 1 aliphatic heterocycles. The molecule has 2 N–H and O–H groups in total. The average molecular weight is 295 g/mol. The first-order chi connectivity index (χ1) is 9.99. The van der Waals surface area contributed by atoms with Gasteiger partial charge in [-0.05, 0) is 13.5 Å². The van der Waals surface area contributed by atoms with Gasteiger partial charge in [0.1, 0.15) is 6.54 Å². The number of carboxylic acids is 1. The predicted molar refractivity (Wildman–Crippen MR) is 77.2 cm³/mol. The molecule has 8 nitrogen and oxygen atoms in total. The molecule has 1 aliphatic rings. The van der Waals surface area contributed by atoms with Gasteiger partial charge in [0, 0.05) is 31.9 Å². The normalized spacial score (nSPS) is 19.5. The van der Waals surface area contributed by atoms with Crippen molar-refractivity contribution < 1.29 is 14.7 Å². The van der Waals surface area contributed by atoms with Gasteiger partial charge in [0.25, 0.3) is 0 Å². The summed E-state index contributed by atoms with van der Waals surface area (Å²) in [5.74, 6) is -0.972. The number of nitrogens with one attached hydrogen (secondary N) is 1. The molecule has 1 aromatic rings. The van der Waals surface area contributed by atoms with E-state index in [2.05, 4.69) is 29.2 Å². The highest BCUT2D eigenvalue weighted by Crippen LogP contribution is 2.12. The molecule has 0 saturated carbocycles. The number of likely N-dealkylation sites (N-methyl/N-ethyl adjacent to an activating group) is 1. The van der Waals surface area contributed by atoms with E-state index in [1.807, 2.05) is 0 Å². The Hall–Kier alpha value is -2.09. The first-order valence-electron chi connectivity index (χ1n) is 7.03. The Morgan fingerprint density at radius 1 is 1.48 bits per heavy atom. The van der Waals surface area contributed by atoms with E-state index in [1.54, 1.807) is 4.90 Å². The van der Waals surface area contributed by atoms with Crippen LogP contribution in [0.1, 0.15) is 13.8 Å². The van der Waals surface area contributed by atoms with E-state index in [1.165, 1.54) is 17.1 Å². The van der Waals surface area contributed by atoms with Crippen LogP contribution in [0.5, 0.6) is 0 Å². The van der Waals surface area contributed by atoms with Gasteiger partial charge in [-0.3, -0.25) is 14.4 Å². The molecule has 1 atom stereocenters. The van der Waals surface area contributed by atoms with Gasteiger partial charge >= 0.3 is 12.0 Å². The third-order valence-corrected chi connectivity index (χ3v) is 3.64. The summed E-state index contributed by atoms with van der Waals surface area (Å²) < 4.78 is 1.27. The molecule has 116 valence electrons. The molecule has 0 radical (unpaired) electrons. The van der Waals surface area contributed by atoms with Crippen molar-refractivity contribution >= 4 is 17.7 Å². The van der Waals surface area contributed by atoms with Gasteiger partial charge in [0.2, 0.25) is 0 Å². The first kappa shape index (κ1) is 15.3. The fraction of sp³-hybridized carbons (Fsp3) is 0.615. The minimum atomic E-state index is -0.972. The highest BCUT2D eigenvalue weighted by atomic mass is 16.4. The summed E-state index contributed by atoms with van der Waals surface area (Å²) in [5, 5.41) is 15.3. The number of amides is 2. The van der Waals surface area contributed by atoms with Crippen molar-refractivity contribution in [2.45, 2.75) is 26.4 Å². The fourth-order valence-corrected chi connectivity index (χ4v) is 2.51. The lowest BCUT2D eigenvalue weighted by Crippen LogP contribution is -2.54. The number of anilines is 1. The summed E-state index contributed by atoms with van der Waals surface area (Å²) in [6.07, 6.45) is 2.96. The van der Waals surface area contributed by atoms with E-state index in [9.17, 15) is 9.59 Å². The Bertz CT molecular complexity index is 516. The Labute approximate surface area is 123 Å². The first-order valence-corrected chi connectivity index (χ1v) is 7.03. The molecule has 8 heteroatoms. The van der Waals surface area contributed by atoms with Crippen LogP contribution < -0.4 is 5.32 Å². The number of carbonyl (C=O) groups is 2. The number of urea groups is 1. The molecule has 0 spiro atoms. The van der Waals surface area contributed by atoms with E-state index < -0.39 is 5.97 Å². The zero-order valence-corrected chi connectivity index (χ0v) is 12.3. The van der Waals surface area contributed by atoms with Crippen LogP contribution in [0.4, 0.5) is 10.5 Å². The van der Waals surface area contributed by atoms with Crippen LogP contribution in [-0.4, -0.2) is 68.9 Å². The molecule has 1 saturated heterocycles. The molecular weight excluding hydrogens is 274 g/mol. The van der Waals surface area contributed by atoms with Crippen LogP contribution in [0.2, 0.25) is 0 Å². The zero-order valence-electron chi connectivity index (χ0n) is 12.3. The van der Waals surface area contributed by atoms with Crippen molar-refractivity contribution in [1.82, 2.24) is 19.6 Å². The SMILES string of the molecule is CCN1CCN(C(=O)Nc2cnn(CC(=O)O)c2)CC1C. The third kappa shape index (κ3) is 3.94. The molecule has 2 rings (SSSR count). The van der Waals surface area contributed by atoms with Gasteiger partial charge in [-0.15, -0.1) is 0 Å². The lowest BCUT2D eigenvalue weighted by Gasteiger charge is -2.39. The summed E-state index contributed by atoms with van der Waals surface area (Å²) in [6.45, 7) is 7.22. The quantitative estimate of drug-likeness (QED) is 0.845. The number of hydrogen-bond acceptors (Lipinski definition) is 4. The summed E-state index contributed by atoms with van der Waals surface area (Å²) in [6, 6.07) is 0.164. The summed E-state index contributed by atoms with van der Waals surface area (Å²) in [5.41, 5.74) is 0.506. The van der Waals surface area contributed by atoms with E-state index in [0.29, 0.717) is 24.8 Å². The van der Waals surface area contributed by atoms with E-state index >= 15 is 0 Å². The van der Waals surface area contributed by atoms with Crippen molar-refractivity contribution in [1.29, 1.82) is 0 Å². The van der Waals surface area contributed by atoms with E-state index in [4.69, 9.17) is 5.11 Å².